The van der Waals surface area contributed by atoms with Crippen molar-refractivity contribution in [2.24, 2.45) is 0 Å². The molecule has 2 fully saturated rings. The Labute approximate surface area is 201 Å². The number of ether oxygens (including phenoxy) is 2. The number of carbonyl (C=O) groups excluding carboxylic acids is 1. The molecule has 0 spiro atoms. The van der Waals surface area contributed by atoms with Crippen LogP contribution in [0.2, 0.25) is 5.02 Å². The number of likely N-dealkylation sites (tertiary alicyclic amines) is 1. The summed E-state index contributed by atoms with van der Waals surface area (Å²) in [5, 5.41) is 6.72. The summed E-state index contributed by atoms with van der Waals surface area (Å²) >= 11 is 5.92. The highest BCUT2D eigenvalue weighted by Gasteiger charge is 2.38. The number of amides is 1. The van der Waals surface area contributed by atoms with Crippen LogP contribution in [0.1, 0.15) is 19.3 Å². The molecular weight excluding hydrogens is 461 g/mol. The van der Waals surface area contributed by atoms with Crippen LogP contribution in [0.25, 0.3) is 10.9 Å². The van der Waals surface area contributed by atoms with Gasteiger partial charge in [0.05, 0.1) is 29.4 Å². The van der Waals surface area contributed by atoms with Gasteiger partial charge in [-0.15, -0.1) is 0 Å². The lowest BCUT2D eigenvalue weighted by Gasteiger charge is -2.17. The van der Waals surface area contributed by atoms with Crippen molar-refractivity contribution in [3.63, 3.8) is 0 Å². The van der Waals surface area contributed by atoms with Gasteiger partial charge in [-0.25, -0.2) is 14.4 Å². The number of carbonyl (C=O) groups is 1. The van der Waals surface area contributed by atoms with Crippen molar-refractivity contribution >= 4 is 39.9 Å². The predicted octanol–water partition coefficient (Wildman–Crippen LogP) is 3.90. The van der Waals surface area contributed by atoms with E-state index in [9.17, 15) is 9.18 Å². The molecule has 34 heavy (non-hydrogen) atoms. The molecule has 0 radical (unpaired) electrons. The maximum Gasteiger partial charge on any atom is 0.237 e. The normalized spacial score (nSPS) is 20.4. The number of anilines is 2. The van der Waals surface area contributed by atoms with E-state index in [0.29, 0.717) is 47.2 Å². The summed E-state index contributed by atoms with van der Waals surface area (Å²) in [6.45, 7) is 0.605. The minimum Gasteiger partial charge on any atom is -0.493 e. The van der Waals surface area contributed by atoms with Gasteiger partial charge in [-0.1, -0.05) is 17.7 Å². The molecule has 5 rings (SSSR count). The van der Waals surface area contributed by atoms with Crippen LogP contribution in [-0.4, -0.2) is 59.7 Å². The summed E-state index contributed by atoms with van der Waals surface area (Å²) in [5.74, 6) is 0.903. The van der Waals surface area contributed by atoms with E-state index in [1.807, 2.05) is 11.9 Å². The maximum absolute atomic E-state index is 14.5. The van der Waals surface area contributed by atoms with E-state index in [2.05, 4.69) is 20.6 Å². The second kappa shape index (κ2) is 9.23. The number of aromatic nitrogens is 2. The molecule has 1 saturated heterocycles. The number of hydrogen-bond acceptors (Lipinski definition) is 7. The van der Waals surface area contributed by atoms with Crippen LogP contribution in [0, 0.1) is 5.82 Å². The highest BCUT2D eigenvalue weighted by molar-refractivity contribution is 6.31. The zero-order valence-electron chi connectivity index (χ0n) is 18.8. The van der Waals surface area contributed by atoms with E-state index < -0.39 is 5.82 Å². The molecule has 2 aromatic carbocycles. The van der Waals surface area contributed by atoms with E-state index >= 15 is 0 Å². The van der Waals surface area contributed by atoms with Gasteiger partial charge in [-0.05, 0) is 38.1 Å². The number of fused-ring (bicyclic) bond motifs is 1. The molecule has 2 aliphatic rings. The Kier molecular flexibility index (Phi) is 6.14. The number of hydrogen-bond donors (Lipinski definition) is 2. The Hall–Kier alpha value is -3.17. The Balaban J connectivity index is 1.41. The fourth-order valence-corrected chi connectivity index (χ4v) is 4.37. The number of likely N-dealkylation sites (N-methyl/N-ethyl adjacent to an activating group) is 1. The standard InChI is InChI=1S/C24H25ClFN5O3/c1-31-11-14(8-19(31)24(32)29-13-6-7-13)34-21-9-15-18(10-20(21)33-2)27-12-28-23(15)30-17-5-3-4-16(25)22(17)26/h3-5,9-10,12-14,19H,6-8,11H2,1-2H3,(H,29,32)(H,27,28,30)/t14-,19-/m0/s1. The molecule has 0 unspecified atom stereocenters. The van der Waals surface area contributed by atoms with Crippen molar-refractivity contribution in [3.05, 3.63) is 47.5 Å². The number of nitrogens with zero attached hydrogens (tertiary/aromatic N) is 3. The quantitative estimate of drug-likeness (QED) is 0.524. The van der Waals surface area contributed by atoms with Crippen LogP contribution in [0.3, 0.4) is 0 Å². The zero-order chi connectivity index (χ0) is 23.8. The van der Waals surface area contributed by atoms with E-state index in [4.69, 9.17) is 21.1 Å². The van der Waals surface area contributed by atoms with Crippen LogP contribution in [0.5, 0.6) is 11.5 Å². The summed E-state index contributed by atoms with van der Waals surface area (Å²) in [6.07, 6.45) is 3.86. The molecule has 2 heterocycles. The van der Waals surface area contributed by atoms with Gasteiger partial charge >= 0.3 is 0 Å². The number of benzene rings is 2. The Bertz CT molecular complexity index is 1240. The molecular formula is C24H25ClFN5O3. The van der Waals surface area contributed by atoms with Crippen LogP contribution in [0.4, 0.5) is 15.9 Å². The summed E-state index contributed by atoms with van der Waals surface area (Å²) in [4.78, 5) is 23.2. The van der Waals surface area contributed by atoms with Gasteiger partial charge in [0, 0.05) is 30.5 Å². The SMILES string of the molecule is COc1cc2ncnc(Nc3cccc(Cl)c3F)c2cc1O[C@H]1C[C@@H](C(=O)NC2CC2)N(C)C1. The largest absolute Gasteiger partial charge is 0.493 e. The van der Waals surface area contributed by atoms with Crippen LogP contribution in [-0.2, 0) is 4.79 Å². The first-order valence-electron chi connectivity index (χ1n) is 11.1. The van der Waals surface area contributed by atoms with Crippen molar-refractivity contribution in [3.8, 4) is 11.5 Å². The van der Waals surface area contributed by atoms with Crippen molar-refractivity contribution in [2.75, 3.05) is 26.0 Å². The molecule has 178 valence electrons. The average molecular weight is 486 g/mol. The monoisotopic (exact) mass is 485 g/mol. The lowest BCUT2D eigenvalue weighted by molar-refractivity contribution is -0.125. The third-order valence-electron chi connectivity index (χ3n) is 6.16. The fourth-order valence-electron chi connectivity index (χ4n) is 4.19. The number of halogens is 2. The summed E-state index contributed by atoms with van der Waals surface area (Å²) in [6, 6.07) is 8.32. The number of methoxy groups -OCH3 is 1. The van der Waals surface area contributed by atoms with Crippen LogP contribution >= 0.6 is 11.6 Å². The number of nitrogens with one attached hydrogen (secondary N) is 2. The van der Waals surface area contributed by atoms with Gasteiger partial charge in [-0.2, -0.15) is 0 Å². The van der Waals surface area contributed by atoms with E-state index in [1.165, 1.54) is 12.4 Å². The topological polar surface area (TPSA) is 88.6 Å². The summed E-state index contributed by atoms with van der Waals surface area (Å²) in [7, 11) is 3.48. The minimum absolute atomic E-state index is 0.0136. The molecule has 0 bridgehead atoms. The third-order valence-corrected chi connectivity index (χ3v) is 6.45. The van der Waals surface area contributed by atoms with Gasteiger partial charge in [0.1, 0.15) is 18.2 Å². The molecule has 1 amide bonds. The Morgan fingerprint density at radius 3 is 2.82 bits per heavy atom. The molecule has 1 aliphatic heterocycles. The van der Waals surface area contributed by atoms with Crippen LogP contribution in [0.15, 0.2) is 36.7 Å². The lowest BCUT2D eigenvalue weighted by Crippen LogP contribution is -2.42. The van der Waals surface area contributed by atoms with Gasteiger partial charge in [0.15, 0.2) is 17.3 Å². The second-order valence-corrected chi connectivity index (χ2v) is 9.09. The van der Waals surface area contributed by atoms with Crippen molar-refractivity contribution in [2.45, 2.75) is 37.5 Å². The lowest BCUT2D eigenvalue weighted by atomic mass is 10.1. The fraction of sp³-hybridized carbons (Fsp3) is 0.375. The van der Waals surface area contributed by atoms with Gasteiger partial charge < -0.3 is 20.1 Å². The van der Waals surface area contributed by atoms with E-state index in [1.54, 1.807) is 31.4 Å². The van der Waals surface area contributed by atoms with E-state index in [0.717, 1.165) is 12.8 Å². The van der Waals surface area contributed by atoms with E-state index in [-0.39, 0.29) is 28.8 Å². The molecule has 1 aromatic heterocycles. The Morgan fingerprint density at radius 1 is 1.24 bits per heavy atom. The minimum atomic E-state index is -0.564. The van der Waals surface area contributed by atoms with Crippen molar-refractivity contribution in [1.82, 2.24) is 20.2 Å². The van der Waals surface area contributed by atoms with Crippen LogP contribution < -0.4 is 20.1 Å². The third kappa shape index (κ3) is 4.58. The van der Waals surface area contributed by atoms with Gasteiger partial charge in [0.2, 0.25) is 5.91 Å². The second-order valence-electron chi connectivity index (χ2n) is 8.68. The average Bonchev–Trinajstić information content (AvgIpc) is 3.56. The summed E-state index contributed by atoms with van der Waals surface area (Å²) in [5.41, 5.74) is 0.807. The summed E-state index contributed by atoms with van der Waals surface area (Å²) < 4.78 is 26.3. The van der Waals surface area contributed by atoms with Gasteiger partial charge in [0.25, 0.3) is 0 Å². The highest BCUT2D eigenvalue weighted by Crippen LogP contribution is 2.37. The molecule has 10 heteroatoms. The molecule has 8 nitrogen and oxygen atoms in total. The van der Waals surface area contributed by atoms with Crippen molar-refractivity contribution < 1.29 is 18.7 Å². The zero-order valence-corrected chi connectivity index (χ0v) is 19.6. The molecule has 1 aliphatic carbocycles. The maximum atomic E-state index is 14.5. The predicted molar refractivity (Wildman–Crippen MR) is 127 cm³/mol. The first-order chi connectivity index (χ1) is 16.4. The first kappa shape index (κ1) is 22.6. The van der Waals surface area contributed by atoms with Gasteiger partial charge in [-0.3, -0.25) is 9.69 Å². The smallest absolute Gasteiger partial charge is 0.237 e. The molecule has 1 saturated carbocycles. The van der Waals surface area contributed by atoms with Crippen molar-refractivity contribution in [1.29, 1.82) is 0 Å². The first-order valence-corrected chi connectivity index (χ1v) is 11.5. The molecule has 2 N–H and O–H groups in total. The Morgan fingerprint density at radius 2 is 2.06 bits per heavy atom. The molecule has 3 aromatic rings. The molecule has 2 atom stereocenters. The highest BCUT2D eigenvalue weighted by atomic mass is 35.5. The number of rotatable bonds is 7.